The van der Waals surface area contributed by atoms with E-state index in [0.717, 1.165) is 53.5 Å². The number of hydrogen-bond donors (Lipinski definition) is 2. The summed E-state index contributed by atoms with van der Waals surface area (Å²) >= 11 is 0. The molecule has 0 spiro atoms. The van der Waals surface area contributed by atoms with Gasteiger partial charge in [-0.15, -0.1) is 0 Å². The van der Waals surface area contributed by atoms with Crippen LogP contribution < -0.4 is 5.32 Å². The zero-order chi connectivity index (χ0) is 18.5. The summed E-state index contributed by atoms with van der Waals surface area (Å²) in [5.41, 5.74) is 4.03. The van der Waals surface area contributed by atoms with E-state index in [4.69, 9.17) is 0 Å². The van der Waals surface area contributed by atoms with Crippen molar-refractivity contribution in [1.82, 2.24) is 9.88 Å². The highest BCUT2D eigenvalue weighted by Gasteiger charge is 2.19. The highest BCUT2D eigenvalue weighted by molar-refractivity contribution is 6.01. The number of hydrogen-bond acceptors (Lipinski definition) is 2. The zero-order valence-corrected chi connectivity index (χ0v) is 15.5. The number of carbonyl (C=O) groups is 1. The maximum Gasteiger partial charge on any atom is 0.268 e. The molecule has 0 aliphatic rings. The van der Waals surface area contributed by atoms with Gasteiger partial charge in [0, 0.05) is 24.0 Å². The van der Waals surface area contributed by atoms with Crippen molar-refractivity contribution in [2.75, 3.05) is 6.54 Å². The number of rotatable bonds is 7. The smallest absolute Gasteiger partial charge is 0.268 e. The fourth-order valence-corrected chi connectivity index (χ4v) is 3.38. The SMILES string of the molecule is CCCCn1c(C(=O)NCCc2ccc(O)cc2)c(C)c2ccccc21. The Balaban J connectivity index is 1.78. The molecule has 0 atom stereocenters. The molecule has 3 aromatic rings. The molecule has 0 unspecified atom stereocenters. The van der Waals surface area contributed by atoms with E-state index in [1.165, 1.54) is 0 Å². The van der Waals surface area contributed by atoms with Crippen molar-refractivity contribution in [3.63, 3.8) is 0 Å². The molecule has 26 heavy (non-hydrogen) atoms. The van der Waals surface area contributed by atoms with E-state index in [9.17, 15) is 9.90 Å². The molecule has 2 aromatic carbocycles. The molecule has 4 heteroatoms. The van der Waals surface area contributed by atoms with Crippen LogP contribution in [-0.4, -0.2) is 22.1 Å². The van der Waals surface area contributed by atoms with Gasteiger partial charge in [0.05, 0.1) is 0 Å². The van der Waals surface area contributed by atoms with Crippen LogP contribution in [0.25, 0.3) is 10.9 Å². The van der Waals surface area contributed by atoms with Crippen LogP contribution in [0.3, 0.4) is 0 Å². The largest absolute Gasteiger partial charge is 0.508 e. The van der Waals surface area contributed by atoms with Gasteiger partial charge in [-0.25, -0.2) is 0 Å². The maximum atomic E-state index is 12.9. The first-order chi connectivity index (χ1) is 12.6. The van der Waals surface area contributed by atoms with Crippen LogP contribution in [0.2, 0.25) is 0 Å². The summed E-state index contributed by atoms with van der Waals surface area (Å²) in [5, 5.41) is 13.6. The Labute approximate surface area is 154 Å². The molecule has 1 aromatic heterocycles. The molecule has 2 N–H and O–H groups in total. The number of phenols is 1. The van der Waals surface area contributed by atoms with Crippen LogP contribution in [0.15, 0.2) is 48.5 Å². The summed E-state index contributed by atoms with van der Waals surface area (Å²) in [6.45, 7) is 5.61. The summed E-state index contributed by atoms with van der Waals surface area (Å²) in [4.78, 5) is 12.9. The molecule has 0 saturated heterocycles. The van der Waals surface area contributed by atoms with E-state index in [0.29, 0.717) is 6.54 Å². The lowest BCUT2D eigenvalue weighted by atomic mass is 10.1. The molecular weight excluding hydrogens is 324 g/mol. The van der Waals surface area contributed by atoms with Gasteiger partial charge in [-0.2, -0.15) is 0 Å². The molecule has 0 radical (unpaired) electrons. The number of phenolic OH excluding ortho intramolecular Hbond substituents is 1. The summed E-state index contributed by atoms with van der Waals surface area (Å²) in [5.74, 6) is 0.238. The van der Waals surface area contributed by atoms with Crippen LogP contribution in [0.5, 0.6) is 5.75 Å². The number of nitrogens with zero attached hydrogens (tertiary/aromatic N) is 1. The van der Waals surface area contributed by atoms with Crippen molar-refractivity contribution in [2.24, 2.45) is 0 Å². The number of nitrogens with one attached hydrogen (secondary N) is 1. The molecule has 136 valence electrons. The minimum atomic E-state index is -0.0198. The minimum absolute atomic E-state index is 0.0198. The summed E-state index contributed by atoms with van der Waals surface area (Å²) in [6.07, 6.45) is 2.87. The fourth-order valence-electron chi connectivity index (χ4n) is 3.38. The van der Waals surface area contributed by atoms with Crippen molar-refractivity contribution in [1.29, 1.82) is 0 Å². The number of benzene rings is 2. The molecule has 4 nitrogen and oxygen atoms in total. The van der Waals surface area contributed by atoms with Crippen molar-refractivity contribution in [3.8, 4) is 5.75 Å². The van der Waals surface area contributed by atoms with Crippen molar-refractivity contribution in [2.45, 2.75) is 39.7 Å². The van der Waals surface area contributed by atoms with Gasteiger partial charge in [-0.3, -0.25) is 4.79 Å². The quantitative estimate of drug-likeness (QED) is 0.662. The number of carbonyl (C=O) groups excluding carboxylic acids is 1. The first-order valence-electron chi connectivity index (χ1n) is 9.25. The van der Waals surface area contributed by atoms with Crippen LogP contribution >= 0.6 is 0 Å². The highest BCUT2D eigenvalue weighted by Crippen LogP contribution is 2.26. The molecule has 1 amide bonds. The summed E-state index contributed by atoms with van der Waals surface area (Å²) in [6, 6.07) is 15.3. The Morgan fingerprint density at radius 2 is 1.85 bits per heavy atom. The van der Waals surface area contributed by atoms with Crippen LogP contribution in [0.4, 0.5) is 0 Å². The second kappa shape index (κ2) is 8.09. The van der Waals surface area contributed by atoms with Gasteiger partial charge >= 0.3 is 0 Å². The third-order valence-corrected chi connectivity index (χ3v) is 4.81. The van der Waals surface area contributed by atoms with Gasteiger partial charge in [-0.05, 0) is 49.1 Å². The van der Waals surface area contributed by atoms with Crippen molar-refractivity contribution >= 4 is 16.8 Å². The number of unbranched alkanes of at least 4 members (excludes halogenated alkanes) is 1. The molecule has 1 heterocycles. The Kier molecular flexibility index (Phi) is 5.61. The van der Waals surface area contributed by atoms with Gasteiger partial charge in [0.1, 0.15) is 11.4 Å². The predicted octanol–water partition coefficient (Wildman–Crippen LogP) is 4.43. The normalized spacial score (nSPS) is 11.0. The molecule has 0 bridgehead atoms. The summed E-state index contributed by atoms with van der Waals surface area (Å²) in [7, 11) is 0. The molecular formula is C22H26N2O2. The zero-order valence-electron chi connectivity index (χ0n) is 15.5. The number of fused-ring (bicyclic) bond motifs is 1. The second-order valence-electron chi connectivity index (χ2n) is 6.67. The van der Waals surface area contributed by atoms with E-state index >= 15 is 0 Å². The highest BCUT2D eigenvalue weighted by atomic mass is 16.3. The van der Waals surface area contributed by atoms with Gasteiger partial charge in [0.15, 0.2) is 0 Å². The Morgan fingerprint density at radius 1 is 1.12 bits per heavy atom. The number of aromatic nitrogens is 1. The first-order valence-corrected chi connectivity index (χ1v) is 9.25. The van der Waals surface area contributed by atoms with Gasteiger partial charge < -0.3 is 15.0 Å². The van der Waals surface area contributed by atoms with E-state index in [-0.39, 0.29) is 11.7 Å². The maximum absolute atomic E-state index is 12.9. The fraction of sp³-hybridized carbons (Fsp3) is 0.318. The lowest BCUT2D eigenvalue weighted by Gasteiger charge is -2.11. The lowest BCUT2D eigenvalue weighted by molar-refractivity contribution is 0.0944. The van der Waals surface area contributed by atoms with Crippen LogP contribution in [0, 0.1) is 6.92 Å². The topological polar surface area (TPSA) is 54.3 Å². The van der Waals surface area contributed by atoms with E-state index < -0.39 is 0 Å². The average Bonchev–Trinajstić information content (AvgIpc) is 2.94. The molecule has 0 fully saturated rings. The van der Waals surface area contributed by atoms with Gasteiger partial charge in [0.2, 0.25) is 0 Å². The van der Waals surface area contributed by atoms with E-state index in [2.05, 4.69) is 28.9 Å². The van der Waals surface area contributed by atoms with Crippen molar-refractivity contribution < 1.29 is 9.90 Å². The lowest BCUT2D eigenvalue weighted by Crippen LogP contribution is -2.28. The number of amides is 1. The Bertz CT molecular complexity index is 894. The van der Waals surface area contributed by atoms with Gasteiger partial charge in [-0.1, -0.05) is 43.7 Å². The average molecular weight is 350 g/mol. The molecule has 0 aliphatic heterocycles. The first kappa shape index (κ1) is 18.1. The predicted molar refractivity (Wildman–Crippen MR) is 106 cm³/mol. The standard InChI is InChI=1S/C22H26N2O2/c1-3-4-15-24-20-8-6-5-7-19(20)16(2)21(24)22(26)23-14-13-17-9-11-18(25)12-10-17/h5-12,25H,3-4,13-15H2,1-2H3,(H,23,26). The minimum Gasteiger partial charge on any atom is -0.508 e. The van der Waals surface area contributed by atoms with E-state index in [1.54, 1.807) is 12.1 Å². The molecule has 0 saturated carbocycles. The Morgan fingerprint density at radius 3 is 2.58 bits per heavy atom. The van der Waals surface area contributed by atoms with Crippen LogP contribution in [0.1, 0.15) is 41.4 Å². The second-order valence-corrected chi connectivity index (χ2v) is 6.67. The van der Waals surface area contributed by atoms with Gasteiger partial charge in [0.25, 0.3) is 5.91 Å². The number of aromatic hydroxyl groups is 1. The Hall–Kier alpha value is -2.75. The van der Waals surface area contributed by atoms with E-state index in [1.807, 2.05) is 31.2 Å². The third kappa shape index (κ3) is 3.74. The molecule has 0 aliphatic carbocycles. The van der Waals surface area contributed by atoms with Crippen LogP contribution in [-0.2, 0) is 13.0 Å². The van der Waals surface area contributed by atoms with Crippen molar-refractivity contribution in [3.05, 3.63) is 65.4 Å². The third-order valence-electron chi connectivity index (χ3n) is 4.81. The molecule has 3 rings (SSSR count). The number of aryl methyl sites for hydroxylation is 2. The monoisotopic (exact) mass is 350 g/mol. The summed E-state index contributed by atoms with van der Waals surface area (Å²) < 4.78 is 2.16. The number of para-hydroxylation sites is 1.